The van der Waals surface area contributed by atoms with Crippen LogP contribution in [0.25, 0.3) is 0 Å². The maximum absolute atomic E-state index is 4.61. The maximum atomic E-state index is 4.61. The summed E-state index contributed by atoms with van der Waals surface area (Å²) in [5.74, 6) is 2.85. The minimum Gasteiger partial charge on any atom is -0.347 e. The van der Waals surface area contributed by atoms with E-state index in [4.69, 9.17) is 0 Å². The molecule has 1 aliphatic heterocycles. The van der Waals surface area contributed by atoms with Gasteiger partial charge in [-0.3, -0.25) is 0 Å². The third-order valence-electron chi connectivity index (χ3n) is 5.05. The van der Waals surface area contributed by atoms with Gasteiger partial charge in [0.1, 0.15) is 16.7 Å². The van der Waals surface area contributed by atoms with Crippen molar-refractivity contribution in [2.75, 3.05) is 32.1 Å². The van der Waals surface area contributed by atoms with E-state index in [1.807, 2.05) is 0 Å². The molecule has 0 N–H and O–H groups in total. The van der Waals surface area contributed by atoms with Crippen LogP contribution >= 0.6 is 11.3 Å². The largest absolute Gasteiger partial charge is 0.347 e. The van der Waals surface area contributed by atoms with Crippen molar-refractivity contribution < 1.29 is 0 Å². The molecule has 0 spiro atoms. The normalized spacial score (nSPS) is 19.1. The van der Waals surface area contributed by atoms with Gasteiger partial charge in [-0.05, 0) is 46.2 Å². The molecule has 0 amide bonds. The zero-order valence-electron chi connectivity index (χ0n) is 15.4. The van der Waals surface area contributed by atoms with Crippen LogP contribution in [0, 0.1) is 0 Å². The summed E-state index contributed by atoms with van der Waals surface area (Å²) in [6.07, 6.45) is 5.75. The lowest BCUT2D eigenvalue weighted by molar-refractivity contribution is 0.376. The van der Waals surface area contributed by atoms with Crippen molar-refractivity contribution in [3.05, 3.63) is 16.7 Å². The second kappa shape index (κ2) is 6.99. The number of hydrogen-bond acceptors (Lipinski definition) is 7. The highest BCUT2D eigenvalue weighted by Gasteiger charge is 2.34. The van der Waals surface area contributed by atoms with Crippen LogP contribution in [0.1, 0.15) is 61.2 Å². The number of hydrogen-bond donors (Lipinski definition) is 0. The van der Waals surface area contributed by atoms with Crippen molar-refractivity contribution in [1.82, 2.24) is 29.9 Å². The maximum Gasteiger partial charge on any atom is 0.208 e. The summed E-state index contributed by atoms with van der Waals surface area (Å²) in [5.41, 5.74) is 0. The Morgan fingerprint density at radius 2 is 1.80 bits per heavy atom. The monoisotopic (exact) mass is 361 g/mol. The fraction of sp³-hybridized carbons (Fsp3) is 0.765. The summed E-state index contributed by atoms with van der Waals surface area (Å²) in [6, 6.07) is 0.633. The number of aromatic nitrogens is 5. The van der Waals surface area contributed by atoms with Gasteiger partial charge >= 0.3 is 0 Å². The lowest BCUT2D eigenvalue weighted by Crippen LogP contribution is -2.33. The van der Waals surface area contributed by atoms with E-state index in [2.05, 4.69) is 55.8 Å². The van der Waals surface area contributed by atoms with Crippen molar-refractivity contribution >= 4 is 16.5 Å². The summed E-state index contributed by atoms with van der Waals surface area (Å²) in [7, 11) is 4.19. The number of nitrogens with zero attached hydrogens (tertiary/aromatic N) is 7. The molecule has 2 aliphatic rings. The molecular weight excluding hydrogens is 334 g/mol. The van der Waals surface area contributed by atoms with Crippen LogP contribution < -0.4 is 4.90 Å². The molecule has 0 atom stereocenters. The predicted molar refractivity (Wildman–Crippen MR) is 99.2 cm³/mol. The van der Waals surface area contributed by atoms with Gasteiger partial charge in [0.05, 0.1) is 6.54 Å². The first-order valence-corrected chi connectivity index (χ1v) is 10.1. The molecule has 4 rings (SSSR count). The van der Waals surface area contributed by atoms with E-state index >= 15 is 0 Å². The third kappa shape index (κ3) is 3.55. The Kier molecular flexibility index (Phi) is 4.73. The van der Waals surface area contributed by atoms with Crippen LogP contribution in [0.4, 0.5) is 5.13 Å². The van der Waals surface area contributed by atoms with Gasteiger partial charge in [-0.1, -0.05) is 18.3 Å². The fourth-order valence-corrected chi connectivity index (χ4v) is 4.41. The van der Waals surface area contributed by atoms with Crippen molar-refractivity contribution in [3.63, 3.8) is 0 Å². The molecule has 1 saturated heterocycles. The van der Waals surface area contributed by atoms with Gasteiger partial charge in [0.15, 0.2) is 0 Å². The van der Waals surface area contributed by atoms with E-state index in [9.17, 15) is 0 Å². The Morgan fingerprint density at radius 1 is 1.04 bits per heavy atom. The topological polar surface area (TPSA) is 63.0 Å². The van der Waals surface area contributed by atoms with Crippen LogP contribution in [0.5, 0.6) is 0 Å². The molecule has 1 saturated carbocycles. The molecule has 1 aliphatic carbocycles. The van der Waals surface area contributed by atoms with Gasteiger partial charge in [0, 0.05) is 25.0 Å². The molecule has 8 heteroatoms. The zero-order chi connectivity index (χ0) is 17.4. The highest BCUT2D eigenvalue weighted by Crippen LogP contribution is 2.40. The lowest BCUT2D eigenvalue weighted by atomic mass is 9.96. The molecule has 25 heavy (non-hydrogen) atoms. The quantitative estimate of drug-likeness (QED) is 0.788. The molecule has 0 aromatic carbocycles. The first-order valence-electron chi connectivity index (χ1n) is 9.31. The second-order valence-corrected chi connectivity index (χ2v) is 8.45. The van der Waals surface area contributed by atoms with Gasteiger partial charge in [0.25, 0.3) is 0 Å². The first kappa shape index (κ1) is 16.9. The molecular formula is C17H27N7S. The van der Waals surface area contributed by atoms with Crippen LogP contribution in [0.3, 0.4) is 0 Å². The van der Waals surface area contributed by atoms with Crippen LogP contribution in [0.2, 0.25) is 0 Å². The summed E-state index contributed by atoms with van der Waals surface area (Å²) in [5, 5.41) is 19.9. The highest BCUT2D eigenvalue weighted by molar-refractivity contribution is 7.15. The lowest BCUT2D eigenvalue weighted by Gasteiger charge is -2.31. The van der Waals surface area contributed by atoms with E-state index in [0.717, 1.165) is 54.9 Å². The van der Waals surface area contributed by atoms with E-state index < -0.39 is 0 Å². The Labute approximate surface area is 153 Å². The summed E-state index contributed by atoms with van der Waals surface area (Å²) in [4.78, 5) is 4.56. The second-order valence-electron chi connectivity index (χ2n) is 7.41. The number of piperidine rings is 1. The van der Waals surface area contributed by atoms with Gasteiger partial charge in [-0.25, -0.2) is 0 Å². The molecule has 0 bridgehead atoms. The Balaban J connectivity index is 1.46. The standard InChI is InChI=1S/C17H27N7S/c1-4-15-19-21-17(25-15)23-9-7-12(8-10-23)16-20-18-14(11-22(2)3)24(16)13-5-6-13/h12-13H,4-11H2,1-3H3. The van der Waals surface area contributed by atoms with Gasteiger partial charge < -0.3 is 14.4 Å². The van der Waals surface area contributed by atoms with Crippen LogP contribution in [-0.2, 0) is 13.0 Å². The average Bonchev–Trinajstić information content (AvgIpc) is 3.18. The van der Waals surface area contributed by atoms with E-state index in [-0.39, 0.29) is 0 Å². The molecule has 3 heterocycles. The fourth-order valence-electron chi connectivity index (χ4n) is 3.58. The molecule has 2 aromatic rings. The minimum atomic E-state index is 0.513. The van der Waals surface area contributed by atoms with Crippen LogP contribution in [0.15, 0.2) is 0 Å². The number of anilines is 1. The molecule has 0 radical (unpaired) electrons. The van der Waals surface area contributed by atoms with Gasteiger partial charge in [-0.2, -0.15) is 0 Å². The SMILES string of the molecule is CCc1nnc(N2CCC(c3nnc(CN(C)C)n3C3CC3)CC2)s1. The highest BCUT2D eigenvalue weighted by atomic mass is 32.1. The first-order chi connectivity index (χ1) is 12.2. The van der Waals surface area contributed by atoms with E-state index in [0.29, 0.717) is 12.0 Å². The van der Waals surface area contributed by atoms with Gasteiger partial charge in [0.2, 0.25) is 5.13 Å². The minimum absolute atomic E-state index is 0.513. The summed E-state index contributed by atoms with van der Waals surface area (Å²) >= 11 is 1.73. The molecule has 136 valence electrons. The number of aryl methyl sites for hydroxylation is 1. The third-order valence-corrected chi connectivity index (χ3v) is 6.18. The van der Waals surface area contributed by atoms with E-state index in [1.165, 1.54) is 18.7 Å². The van der Waals surface area contributed by atoms with Crippen molar-refractivity contribution in [3.8, 4) is 0 Å². The van der Waals surface area contributed by atoms with Gasteiger partial charge in [-0.15, -0.1) is 20.4 Å². The Morgan fingerprint density at radius 3 is 2.40 bits per heavy atom. The number of rotatable bonds is 6. The van der Waals surface area contributed by atoms with Crippen molar-refractivity contribution in [2.24, 2.45) is 0 Å². The summed E-state index contributed by atoms with van der Waals surface area (Å²) in [6.45, 7) is 5.06. The van der Waals surface area contributed by atoms with E-state index in [1.54, 1.807) is 11.3 Å². The molecule has 2 fully saturated rings. The van der Waals surface area contributed by atoms with Crippen LogP contribution in [-0.4, -0.2) is 57.0 Å². The Bertz CT molecular complexity index is 710. The van der Waals surface area contributed by atoms with Crippen molar-refractivity contribution in [1.29, 1.82) is 0 Å². The molecule has 2 aromatic heterocycles. The zero-order valence-corrected chi connectivity index (χ0v) is 16.2. The average molecular weight is 362 g/mol. The summed E-state index contributed by atoms with van der Waals surface area (Å²) < 4.78 is 2.44. The Hall–Kier alpha value is -1.54. The van der Waals surface area contributed by atoms with Crippen molar-refractivity contribution in [2.45, 2.75) is 57.5 Å². The predicted octanol–water partition coefficient (Wildman–Crippen LogP) is 2.47. The smallest absolute Gasteiger partial charge is 0.208 e. The molecule has 0 unspecified atom stereocenters. The molecule has 7 nitrogen and oxygen atoms in total.